The van der Waals surface area contributed by atoms with Gasteiger partial charge in [-0.1, -0.05) is 45.4 Å². The predicted octanol–water partition coefficient (Wildman–Crippen LogP) is 2.59. The van der Waals surface area contributed by atoms with Gasteiger partial charge in [0.1, 0.15) is 0 Å². The maximum Gasteiger partial charge on any atom is 0.240 e. The van der Waals surface area contributed by atoms with Crippen molar-refractivity contribution in [3.63, 3.8) is 0 Å². The molecule has 0 aromatic rings. The van der Waals surface area contributed by atoms with E-state index in [1.807, 2.05) is 6.92 Å². The molecule has 3 heteroatoms. The van der Waals surface area contributed by atoms with Crippen molar-refractivity contribution in [2.45, 2.75) is 76.8 Å². The summed E-state index contributed by atoms with van der Waals surface area (Å²) in [5, 5.41) is 3.16. The monoisotopic (exact) mass is 252 g/mol. The van der Waals surface area contributed by atoms with Crippen molar-refractivity contribution in [1.82, 2.24) is 5.32 Å². The normalized spacial score (nSPS) is 31.7. The molecule has 2 aliphatic rings. The van der Waals surface area contributed by atoms with Crippen molar-refractivity contribution < 1.29 is 4.79 Å². The van der Waals surface area contributed by atoms with Gasteiger partial charge in [0, 0.05) is 6.04 Å². The summed E-state index contributed by atoms with van der Waals surface area (Å²) < 4.78 is 0. The summed E-state index contributed by atoms with van der Waals surface area (Å²) in [6.45, 7) is 3.92. The first-order valence-electron chi connectivity index (χ1n) is 7.64. The Kier molecular flexibility index (Phi) is 4.31. The van der Waals surface area contributed by atoms with Gasteiger partial charge in [-0.3, -0.25) is 4.79 Å². The van der Waals surface area contributed by atoms with Crippen LogP contribution in [0, 0.1) is 11.8 Å². The van der Waals surface area contributed by atoms with Crippen molar-refractivity contribution in [2.75, 3.05) is 0 Å². The van der Waals surface area contributed by atoms with E-state index >= 15 is 0 Å². The lowest BCUT2D eigenvalue weighted by Crippen LogP contribution is -2.52. The van der Waals surface area contributed by atoms with E-state index in [1.165, 1.54) is 38.5 Å². The van der Waals surface area contributed by atoms with Crippen LogP contribution in [0.5, 0.6) is 0 Å². The lowest BCUT2D eigenvalue weighted by atomic mass is 9.85. The number of carbonyl (C=O) groups is 1. The molecule has 0 spiro atoms. The second-order valence-corrected chi connectivity index (χ2v) is 6.55. The van der Waals surface area contributed by atoms with Crippen LogP contribution in [0.2, 0.25) is 0 Å². The summed E-state index contributed by atoms with van der Waals surface area (Å²) in [7, 11) is 0. The van der Waals surface area contributed by atoms with Gasteiger partial charge in [-0.05, 0) is 31.6 Å². The minimum atomic E-state index is -0.686. The highest BCUT2D eigenvalue weighted by Crippen LogP contribution is 2.44. The zero-order chi connectivity index (χ0) is 13.2. The van der Waals surface area contributed by atoms with E-state index in [9.17, 15) is 4.79 Å². The van der Waals surface area contributed by atoms with Crippen molar-refractivity contribution in [3.8, 4) is 0 Å². The number of amides is 1. The molecule has 0 aromatic heterocycles. The molecule has 0 saturated heterocycles. The predicted molar refractivity (Wildman–Crippen MR) is 74.1 cm³/mol. The van der Waals surface area contributed by atoms with Gasteiger partial charge in [-0.2, -0.15) is 0 Å². The molecule has 2 fully saturated rings. The van der Waals surface area contributed by atoms with Crippen molar-refractivity contribution >= 4 is 5.91 Å². The van der Waals surface area contributed by atoms with Crippen LogP contribution < -0.4 is 11.1 Å². The first kappa shape index (κ1) is 13.9. The molecule has 2 aliphatic carbocycles. The van der Waals surface area contributed by atoms with Crippen LogP contribution in [0.25, 0.3) is 0 Å². The third kappa shape index (κ3) is 3.25. The van der Waals surface area contributed by atoms with Gasteiger partial charge >= 0.3 is 0 Å². The molecule has 3 atom stereocenters. The van der Waals surface area contributed by atoms with Crippen LogP contribution in [0.4, 0.5) is 0 Å². The zero-order valence-electron chi connectivity index (χ0n) is 11.9. The average Bonchev–Trinajstić information content (AvgIpc) is 3.09. The zero-order valence-corrected chi connectivity index (χ0v) is 11.9. The standard InChI is InChI=1S/C15H28N2O/c1-3-9-15(2,16)14(18)17-13-10-12(13)11-7-5-4-6-8-11/h11-13H,3-10,16H2,1-2H3,(H,17,18). The van der Waals surface area contributed by atoms with Crippen LogP contribution in [-0.4, -0.2) is 17.5 Å². The summed E-state index contributed by atoms with van der Waals surface area (Å²) in [5.74, 6) is 1.65. The quantitative estimate of drug-likeness (QED) is 0.790. The summed E-state index contributed by atoms with van der Waals surface area (Å²) in [6, 6.07) is 0.417. The lowest BCUT2D eigenvalue weighted by molar-refractivity contribution is -0.126. The third-order valence-corrected chi connectivity index (χ3v) is 4.70. The Bertz CT molecular complexity index is 295. The first-order chi connectivity index (χ1) is 8.54. The molecular weight excluding hydrogens is 224 g/mol. The summed E-state index contributed by atoms with van der Waals surface area (Å²) in [4.78, 5) is 12.1. The fourth-order valence-corrected chi connectivity index (χ4v) is 3.43. The highest BCUT2D eigenvalue weighted by molar-refractivity contribution is 5.86. The maximum absolute atomic E-state index is 12.1. The Morgan fingerprint density at radius 2 is 2.00 bits per heavy atom. The topological polar surface area (TPSA) is 55.1 Å². The van der Waals surface area contributed by atoms with Crippen LogP contribution in [0.3, 0.4) is 0 Å². The maximum atomic E-state index is 12.1. The van der Waals surface area contributed by atoms with Crippen LogP contribution >= 0.6 is 0 Å². The van der Waals surface area contributed by atoms with Gasteiger partial charge in [0.25, 0.3) is 0 Å². The second kappa shape index (κ2) is 5.60. The Balaban J connectivity index is 1.76. The number of hydrogen-bond donors (Lipinski definition) is 2. The van der Waals surface area contributed by atoms with Crippen LogP contribution in [0.1, 0.15) is 65.2 Å². The van der Waals surface area contributed by atoms with E-state index in [0.717, 1.165) is 24.7 Å². The van der Waals surface area contributed by atoms with E-state index in [4.69, 9.17) is 5.73 Å². The van der Waals surface area contributed by atoms with E-state index in [-0.39, 0.29) is 5.91 Å². The van der Waals surface area contributed by atoms with Crippen LogP contribution in [0.15, 0.2) is 0 Å². The molecular formula is C15H28N2O. The second-order valence-electron chi connectivity index (χ2n) is 6.55. The summed E-state index contributed by atoms with van der Waals surface area (Å²) in [6.07, 6.45) is 9.79. The highest BCUT2D eigenvalue weighted by atomic mass is 16.2. The first-order valence-corrected chi connectivity index (χ1v) is 7.64. The number of carbonyl (C=O) groups excluding carboxylic acids is 1. The molecule has 0 aromatic carbocycles. The fourth-order valence-electron chi connectivity index (χ4n) is 3.43. The molecule has 0 heterocycles. The Hall–Kier alpha value is -0.570. The molecule has 2 rings (SSSR count). The van der Waals surface area contributed by atoms with Crippen LogP contribution in [-0.2, 0) is 4.79 Å². The molecule has 0 aliphatic heterocycles. The smallest absolute Gasteiger partial charge is 0.240 e. The molecule has 0 radical (unpaired) electrons. The number of rotatable bonds is 5. The summed E-state index contributed by atoms with van der Waals surface area (Å²) >= 11 is 0. The van der Waals surface area contributed by atoms with Crippen molar-refractivity contribution in [1.29, 1.82) is 0 Å². The van der Waals surface area contributed by atoms with Crippen molar-refractivity contribution in [3.05, 3.63) is 0 Å². The third-order valence-electron chi connectivity index (χ3n) is 4.70. The lowest BCUT2D eigenvalue weighted by Gasteiger charge is -2.24. The largest absolute Gasteiger partial charge is 0.351 e. The molecule has 2 saturated carbocycles. The number of hydrogen-bond acceptors (Lipinski definition) is 2. The SMILES string of the molecule is CCCC(C)(N)C(=O)NC1CC1C1CCCCC1. The van der Waals surface area contributed by atoms with E-state index < -0.39 is 5.54 Å². The summed E-state index contributed by atoms with van der Waals surface area (Å²) in [5.41, 5.74) is 5.37. The Morgan fingerprint density at radius 3 is 2.61 bits per heavy atom. The Morgan fingerprint density at radius 1 is 1.33 bits per heavy atom. The minimum Gasteiger partial charge on any atom is -0.351 e. The molecule has 3 N–H and O–H groups in total. The molecule has 3 nitrogen and oxygen atoms in total. The average molecular weight is 252 g/mol. The van der Waals surface area contributed by atoms with Gasteiger partial charge < -0.3 is 11.1 Å². The fraction of sp³-hybridized carbons (Fsp3) is 0.933. The number of nitrogens with one attached hydrogen (secondary N) is 1. The molecule has 0 bridgehead atoms. The Labute approximate surface area is 111 Å². The van der Waals surface area contributed by atoms with E-state index in [0.29, 0.717) is 6.04 Å². The minimum absolute atomic E-state index is 0.0488. The van der Waals surface area contributed by atoms with Crippen molar-refractivity contribution in [2.24, 2.45) is 17.6 Å². The van der Waals surface area contributed by atoms with E-state index in [2.05, 4.69) is 12.2 Å². The molecule has 1 amide bonds. The van der Waals surface area contributed by atoms with Gasteiger partial charge in [0.05, 0.1) is 5.54 Å². The molecule has 3 unspecified atom stereocenters. The van der Waals surface area contributed by atoms with Gasteiger partial charge in [-0.25, -0.2) is 0 Å². The van der Waals surface area contributed by atoms with Gasteiger partial charge in [0.2, 0.25) is 5.91 Å². The van der Waals surface area contributed by atoms with Gasteiger partial charge in [0.15, 0.2) is 0 Å². The van der Waals surface area contributed by atoms with E-state index in [1.54, 1.807) is 0 Å². The molecule has 18 heavy (non-hydrogen) atoms. The molecule has 104 valence electrons. The van der Waals surface area contributed by atoms with Gasteiger partial charge in [-0.15, -0.1) is 0 Å². The number of nitrogens with two attached hydrogens (primary N) is 1. The highest BCUT2D eigenvalue weighted by Gasteiger charge is 2.45.